The number of primary amides is 1. The Kier molecular flexibility index (Phi) is 7.57. The molecule has 0 unspecified atom stereocenters. The van der Waals surface area contributed by atoms with Crippen LogP contribution in [0, 0.1) is 0 Å². The second-order valence-corrected chi connectivity index (χ2v) is 5.35. The van der Waals surface area contributed by atoms with E-state index in [0.717, 1.165) is 17.7 Å². The molecule has 0 aliphatic heterocycles. The van der Waals surface area contributed by atoms with Crippen LogP contribution in [-0.2, 0) is 11.2 Å². The molecule has 5 nitrogen and oxygen atoms in total. The van der Waals surface area contributed by atoms with Gasteiger partial charge in [-0.05, 0) is 30.4 Å². The van der Waals surface area contributed by atoms with Gasteiger partial charge in [-0.1, -0.05) is 30.3 Å². The van der Waals surface area contributed by atoms with Crippen LogP contribution in [0.2, 0.25) is 0 Å². The van der Waals surface area contributed by atoms with E-state index in [0.29, 0.717) is 13.0 Å². The first-order valence-electron chi connectivity index (χ1n) is 6.50. The summed E-state index contributed by atoms with van der Waals surface area (Å²) in [7, 11) is 0. The zero-order valence-electron chi connectivity index (χ0n) is 11.6. The van der Waals surface area contributed by atoms with Crippen LogP contribution in [0.1, 0.15) is 12.0 Å². The minimum atomic E-state index is -0.672. The molecule has 0 spiro atoms. The van der Waals surface area contributed by atoms with Crippen molar-refractivity contribution in [2.24, 2.45) is 5.73 Å². The zero-order chi connectivity index (χ0) is 14.8. The van der Waals surface area contributed by atoms with Crippen LogP contribution >= 0.6 is 11.8 Å². The third-order valence-corrected chi connectivity index (χ3v) is 3.44. The van der Waals surface area contributed by atoms with E-state index in [2.05, 4.69) is 10.6 Å². The van der Waals surface area contributed by atoms with Crippen molar-refractivity contribution in [1.29, 1.82) is 0 Å². The first-order chi connectivity index (χ1) is 9.63. The minimum absolute atomic E-state index is 0.186. The summed E-state index contributed by atoms with van der Waals surface area (Å²) in [5.74, 6) is 0.602. The quantitative estimate of drug-likeness (QED) is 0.672. The molecule has 3 amide bonds. The summed E-state index contributed by atoms with van der Waals surface area (Å²) >= 11 is 1.62. The van der Waals surface area contributed by atoms with E-state index < -0.39 is 12.1 Å². The summed E-state index contributed by atoms with van der Waals surface area (Å²) in [5, 5.41) is 5.30. The zero-order valence-corrected chi connectivity index (χ0v) is 12.4. The van der Waals surface area contributed by atoms with Gasteiger partial charge in [-0.25, -0.2) is 4.79 Å². The Balaban J connectivity index is 2.38. The highest BCUT2D eigenvalue weighted by Crippen LogP contribution is 2.02. The largest absolute Gasteiger partial charge is 0.354 e. The lowest BCUT2D eigenvalue weighted by Crippen LogP contribution is -2.49. The molecule has 110 valence electrons. The summed E-state index contributed by atoms with van der Waals surface area (Å²) in [5.41, 5.74) is 6.25. The Hall–Kier alpha value is -1.69. The fourth-order valence-corrected chi connectivity index (χ4v) is 2.25. The Bertz CT molecular complexity index is 426. The van der Waals surface area contributed by atoms with E-state index in [1.54, 1.807) is 11.8 Å². The molecular weight excluding hydrogens is 274 g/mol. The number of thioether (sulfide) groups is 1. The molecule has 0 aromatic heterocycles. The van der Waals surface area contributed by atoms with Gasteiger partial charge in [0.15, 0.2) is 0 Å². The van der Waals surface area contributed by atoms with Gasteiger partial charge in [0.2, 0.25) is 5.91 Å². The van der Waals surface area contributed by atoms with Gasteiger partial charge >= 0.3 is 6.03 Å². The van der Waals surface area contributed by atoms with Crippen molar-refractivity contribution in [2.75, 3.05) is 18.6 Å². The standard InChI is InChI=1S/C14H21N3O2S/c1-20-10-8-12(17-14(15)19)13(18)16-9-7-11-5-3-2-4-6-11/h2-6,12H,7-10H2,1H3,(H,16,18)(H3,15,17,19)/t12-/m0/s1. The number of carbonyl (C=O) groups is 2. The van der Waals surface area contributed by atoms with Crippen LogP contribution in [0.15, 0.2) is 30.3 Å². The highest BCUT2D eigenvalue weighted by atomic mass is 32.2. The van der Waals surface area contributed by atoms with Crippen LogP contribution in [0.4, 0.5) is 4.79 Å². The maximum absolute atomic E-state index is 12.0. The SMILES string of the molecule is CSCC[C@H](NC(N)=O)C(=O)NCCc1ccccc1. The molecule has 6 heteroatoms. The molecule has 1 atom stereocenters. The molecule has 1 aromatic rings. The summed E-state index contributed by atoms with van der Waals surface area (Å²) < 4.78 is 0. The van der Waals surface area contributed by atoms with E-state index in [9.17, 15) is 9.59 Å². The number of amides is 3. The third-order valence-electron chi connectivity index (χ3n) is 2.80. The second kappa shape index (κ2) is 9.25. The van der Waals surface area contributed by atoms with Crippen molar-refractivity contribution in [2.45, 2.75) is 18.9 Å². The van der Waals surface area contributed by atoms with Crippen molar-refractivity contribution < 1.29 is 9.59 Å². The summed E-state index contributed by atoms with van der Waals surface area (Å²) in [4.78, 5) is 22.9. The number of hydrogen-bond acceptors (Lipinski definition) is 3. The smallest absolute Gasteiger partial charge is 0.312 e. The Morgan fingerprint density at radius 3 is 2.60 bits per heavy atom. The minimum Gasteiger partial charge on any atom is -0.354 e. The van der Waals surface area contributed by atoms with E-state index in [1.165, 1.54) is 0 Å². The normalized spacial score (nSPS) is 11.7. The number of carbonyl (C=O) groups excluding carboxylic acids is 2. The van der Waals surface area contributed by atoms with Crippen LogP contribution < -0.4 is 16.4 Å². The lowest BCUT2D eigenvalue weighted by Gasteiger charge is -2.16. The van der Waals surface area contributed by atoms with Gasteiger partial charge in [-0.15, -0.1) is 0 Å². The Morgan fingerprint density at radius 1 is 1.30 bits per heavy atom. The predicted molar refractivity (Wildman–Crippen MR) is 82.7 cm³/mol. The molecule has 0 radical (unpaired) electrons. The number of urea groups is 1. The van der Waals surface area contributed by atoms with Gasteiger partial charge in [0.05, 0.1) is 0 Å². The average Bonchev–Trinajstić information content (AvgIpc) is 2.44. The lowest BCUT2D eigenvalue weighted by molar-refractivity contribution is -0.122. The van der Waals surface area contributed by atoms with Crippen molar-refractivity contribution in [3.8, 4) is 0 Å². The Morgan fingerprint density at radius 2 is 2.00 bits per heavy atom. The molecule has 1 rings (SSSR count). The van der Waals surface area contributed by atoms with Crippen molar-refractivity contribution in [1.82, 2.24) is 10.6 Å². The van der Waals surface area contributed by atoms with Gasteiger partial charge in [0, 0.05) is 6.54 Å². The predicted octanol–water partition coefficient (Wildman–Crippen LogP) is 1.14. The monoisotopic (exact) mass is 295 g/mol. The van der Waals surface area contributed by atoms with Gasteiger partial charge < -0.3 is 16.4 Å². The van der Waals surface area contributed by atoms with Crippen LogP contribution in [0.25, 0.3) is 0 Å². The first kappa shape index (κ1) is 16.4. The molecule has 0 saturated heterocycles. The molecule has 0 aliphatic carbocycles. The van der Waals surface area contributed by atoms with Gasteiger partial charge in [-0.3, -0.25) is 4.79 Å². The molecule has 0 fully saturated rings. The summed E-state index contributed by atoms with van der Waals surface area (Å²) in [6.07, 6.45) is 3.29. The van der Waals surface area contributed by atoms with Gasteiger partial charge in [0.1, 0.15) is 6.04 Å². The molecule has 0 heterocycles. The topological polar surface area (TPSA) is 84.2 Å². The number of nitrogens with one attached hydrogen (secondary N) is 2. The molecule has 0 saturated carbocycles. The van der Waals surface area contributed by atoms with Crippen LogP contribution in [-0.4, -0.2) is 36.5 Å². The molecule has 0 aliphatic rings. The molecule has 20 heavy (non-hydrogen) atoms. The maximum atomic E-state index is 12.0. The maximum Gasteiger partial charge on any atom is 0.312 e. The third kappa shape index (κ3) is 6.47. The number of nitrogens with two attached hydrogens (primary N) is 1. The number of rotatable bonds is 8. The van der Waals surface area contributed by atoms with Gasteiger partial charge in [0.25, 0.3) is 0 Å². The van der Waals surface area contributed by atoms with Gasteiger partial charge in [-0.2, -0.15) is 11.8 Å². The first-order valence-corrected chi connectivity index (χ1v) is 7.89. The highest BCUT2D eigenvalue weighted by molar-refractivity contribution is 7.98. The number of benzene rings is 1. The van der Waals surface area contributed by atoms with Crippen LogP contribution in [0.3, 0.4) is 0 Å². The molecule has 1 aromatic carbocycles. The van der Waals surface area contributed by atoms with E-state index in [1.807, 2.05) is 36.6 Å². The van der Waals surface area contributed by atoms with Crippen molar-refractivity contribution in [3.05, 3.63) is 35.9 Å². The van der Waals surface area contributed by atoms with Crippen LogP contribution in [0.5, 0.6) is 0 Å². The van der Waals surface area contributed by atoms with E-state index >= 15 is 0 Å². The van der Waals surface area contributed by atoms with E-state index in [4.69, 9.17) is 5.73 Å². The molecular formula is C14H21N3O2S. The van der Waals surface area contributed by atoms with E-state index in [-0.39, 0.29) is 5.91 Å². The van der Waals surface area contributed by atoms with Crippen molar-refractivity contribution in [3.63, 3.8) is 0 Å². The molecule has 0 bridgehead atoms. The second-order valence-electron chi connectivity index (χ2n) is 4.37. The average molecular weight is 295 g/mol. The highest BCUT2D eigenvalue weighted by Gasteiger charge is 2.18. The summed E-state index contributed by atoms with van der Waals surface area (Å²) in [6, 6.07) is 8.68. The summed E-state index contributed by atoms with van der Waals surface area (Å²) in [6.45, 7) is 0.541. The fraction of sp³-hybridized carbons (Fsp3) is 0.429. The fourth-order valence-electron chi connectivity index (χ4n) is 1.77. The molecule has 4 N–H and O–H groups in total. The van der Waals surface area contributed by atoms with Crippen molar-refractivity contribution >= 4 is 23.7 Å². The number of hydrogen-bond donors (Lipinski definition) is 3. The Labute approximate surface area is 123 Å². The lowest BCUT2D eigenvalue weighted by atomic mass is 10.1.